The van der Waals surface area contributed by atoms with Crippen LogP contribution in [0.15, 0.2) is 12.1 Å². The summed E-state index contributed by atoms with van der Waals surface area (Å²) >= 11 is 5.66. The minimum absolute atomic E-state index is 0.0682. The Hall–Kier alpha value is -1.42. The van der Waals surface area contributed by atoms with Crippen molar-refractivity contribution >= 4 is 23.4 Å². The summed E-state index contributed by atoms with van der Waals surface area (Å²) in [5, 5.41) is 0.206. The van der Waals surface area contributed by atoms with Gasteiger partial charge in [-0.3, -0.25) is 4.79 Å². The van der Waals surface area contributed by atoms with Crippen molar-refractivity contribution in [3.05, 3.63) is 34.1 Å². The monoisotopic (exact) mass is 244 g/mol. The molecule has 0 fully saturated rings. The number of halogens is 2. The van der Waals surface area contributed by atoms with Crippen LogP contribution in [0, 0.1) is 12.7 Å². The number of Topliss-reactive ketones (excluding diaryl/α,β-unsaturated/α-hetero) is 1. The summed E-state index contributed by atoms with van der Waals surface area (Å²) in [7, 11) is 0. The maximum Gasteiger partial charge on any atom is 0.379 e. The van der Waals surface area contributed by atoms with Gasteiger partial charge >= 0.3 is 5.97 Å². The lowest BCUT2D eigenvalue weighted by atomic mass is 10.1. The van der Waals surface area contributed by atoms with Gasteiger partial charge < -0.3 is 4.74 Å². The molecule has 0 atom stereocenters. The minimum atomic E-state index is -1.07. The van der Waals surface area contributed by atoms with Crippen molar-refractivity contribution in [1.29, 1.82) is 0 Å². The molecular formula is C11H10ClFO3. The van der Waals surface area contributed by atoms with E-state index in [-0.39, 0.29) is 22.8 Å². The first-order valence-electron chi connectivity index (χ1n) is 4.65. The molecule has 0 radical (unpaired) electrons. The van der Waals surface area contributed by atoms with E-state index in [2.05, 4.69) is 4.74 Å². The van der Waals surface area contributed by atoms with Gasteiger partial charge in [-0.2, -0.15) is 0 Å². The molecular weight excluding hydrogens is 235 g/mol. The molecule has 0 aromatic heterocycles. The van der Waals surface area contributed by atoms with Gasteiger partial charge in [0.25, 0.3) is 5.78 Å². The highest BCUT2D eigenvalue weighted by molar-refractivity contribution is 6.41. The van der Waals surface area contributed by atoms with E-state index in [0.717, 1.165) is 0 Å². The maximum absolute atomic E-state index is 13.6. The molecule has 5 heteroatoms. The quantitative estimate of drug-likeness (QED) is 0.466. The van der Waals surface area contributed by atoms with Gasteiger partial charge in [-0.15, -0.1) is 0 Å². The summed E-state index contributed by atoms with van der Waals surface area (Å²) < 4.78 is 18.1. The Morgan fingerprint density at radius 1 is 1.44 bits per heavy atom. The molecule has 0 aliphatic carbocycles. The second-order valence-corrected chi connectivity index (χ2v) is 3.49. The third-order valence-corrected chi connectivity index (χ3v) is 2.44. The SMILES string of the molecule is CCOC(=O)C(=O)c1ccc(Cl)c(C)c1F. The van der Waals surface area contributed by atoms with Crippen LogP contribution in [0.2, 0.25) is 5.02 Å². The van der Waals surface area contributed by atoms with E-state index >= 15 is 0 Å². The summed E-state index contributed by atoms with van der Waals surface area (Å²) in [6.07, 6.45) is 0. The highest BCUT2D eigenvalue weighted by Gasteiger charge is 2.22. The van der Waals surface area contributed by atoms with Crippen LogP contribution in [0.25, 0.3) is 0 Å². The molecule has 0 aliphatic heterocycles. The summed E-state index contributed by atoms with van der Waals surface area (Å²) in [5.74, 6) is -2.85. The molecule has 0 bridgehead atoms. The van der Waals surface area contributed by atoms with Crippen molar-refractivity contribution in [2.45, 2.75) is 13.8 Å². The van der Waals surface area contributed by atoms with E-state index in [9.17, 15) is 14.0 Å². The molecule has 1 aromatic carbocycles. The normalized spacial score (nSPS) is 10.0. The fraction of sp³-hybridized carbons (Fsp3) is 0.273. The summed E-state index contributed by atoms with van der Waals surface area (Å²) in [6.45, 7) is 3.06. The van der Waals surface area contributed by atoms with Gasteiger partial charge in [0.05, 0.1) is 12.2 Å². The molecule has 3 nitrogen and oxygen atoms in total. The molecule has 0 heterocycles. The van der Waals surface area contributed by atoms with Crippen molar-refractivity contribution in [3.63, 3.8) is 0 Å². The van der Waals surface area contributed by atoms with Crippen molar-refractivity contribution < 1.29 is 18.7 Å². The van der Waals surface area contributed by atoms with Crippen LogP contribution in [0.5, 0.6) is 0 Å². The van der Waals surface area contributed by atoms with E-state index in [1.807, 2.05) is 0 Å². The van der Waals surface area contributed by atoms with Crippen LogP contribution in [0.1, 0.15) is 22.8 Å². The molecule has 0 aliphatic rings. The highest BCUT2D eigenvalue weighted by atomic mass is 35.5. The average Bonchev–Trinajstić information content (AvgIpc) is 2.26. The molecule has 86 valence electrons. The summed E-state index contributed by atoms with van der Waals surface area (Å²) in [6, 6.07) is 2.54. The number of benzene rings is 1. The molecule has 0 N–H and O–H groups in total. The van der Waals surface area contributed by atoms with Crippen molar-refractivity contribution in [1.82, 2.24) is 0 Å². The largest absolute Gasteiger partial charge is 0.460 e. The maximum atomic E-state index is 13.6. The Labute approximate surface area is 97.2 Å². The molecule has 0 unspecified atom stereocenters. The van der Waals surface area contributed by atoms with Crippen LogP contribution in [-0.4, -0.2) is 18.4 Å². The number of rotatable bonds is 3. The molecule has 0 saturated carbocycles. The lowest BCUT2D eigenvalue weighted by Gasteiger charge is -2.05. The molecule has 0 amide bonds. The van der Waals surface area contributed by atoms with Crippen LogP contribution >= 0.6 is 11.6 Å². The standard InChI is InChI=1S/C11H10ClFO3/c1-3-16-11(15)10(14)7-4-5-8(12)6(2)9(7)13/h4-5H,3H2,1-2H3. The van der Waals surface area contributed by atoms with Gasteiger partial charge in [-0.1, -0.05) is 11.6 Å². The molecule has 0 spiro atoms. The zero-order valence-corrected chi connectivity index (χ0v) is 9.60. The molecule has 16 heavy (non-hydrogen) atoms. The van der Waals surface area contributed by atoms with Crippen molar-refractivity contribution in [2.75, 3.05) is 6.61 Å². The van der Waals surface area contributed by atoms with Gasteiger partial charge in [-0.05, 0) is 26.0 Å². The summed E-state index contributed by atoms with van der Waals surface area (Å²) in [4.78, 5) is 22.6. The number of hydrogen-bond acceptors (Lipinski definition) is 3. The molecule has 1 rings (SSSR count). The Balaban J connectivity index is 3.10. The van der Waals surface area contributed by atoms with Gasteiger partial charge in [0, 0.05) is 10.6 Å². The van der Waals surface area contributed by atoms with Gasteiger partial charge in [0.1, 0.15) is 5.82 Å². The fourth-order valence-electron chi connectivity index (χ4n) is 1.14. The Kier molecular flexibility index (Phi) is 4.01. The van der Waals surface area contributed by atoms with Crippen LogP contribution in [-0.2, 0) is 9.53 Å². The lowest BCUT2D eigenvalue weighted by Crippen LogP contribution is -2.19. The number of carbonyl (C=O) groups is 2. The van der Waals surface area contributed by atoms with E-state index in [1.54, 1.807) is 6.92 Å². The summed E-state index contributed by atoms with van der Waals surface area (Å²) in [5.41, 5.74) is -0.183. The van der Waals surface area contributed by atoms with Crippen LogP contribution < -0.4 is 0 Å². The number of hydrogen-bond donors (Lipinski definition) is 0. The average molecular weight is 245 g/mol. The topological polar surface area (TPSA) is 43.4 Å². The predicted molar refractivity (Wildman–Crippen MR) is 57.1 cm³/mol. The van der Waals surface area contributed by atoms with Gasteiger partial charge in [0.15, 0.2) is 0 Å². The molecule has 1 aromatic rings. The van der Waals surface area contributed by atoms with E-state index < -0.39 is 17.6 Å². The third-order valence-electron chi connectivity index (χ3n) is 2.03. The number of ether oxygens (including phenoxy) is 1. The first kappa shape index (κ1) is 12.6. The zero-order chi connectivity index (χ0) is 12.3. The van der Waals surface area contributed by atoms with Crippen molar-refractivity contribution in [3.8, 4) is 0 Å². The fourth-order valence-corrected chi connectivity index (χ4v) is 1.29. The smallest absolute Gasteiger partial charge is 0.379 e. The van der Waals surface area contributed by atoms with Crippen LogP contribution in [0.3, 0.4) is 0 Å². The van der Waals surface area contributed by atoms with Crippen molar-refractivity contribution in [2.24, 2.45) is 0 Å². The minimum Gasteiger partial charge on any atom is -0.460 e. The molecule has 0 saturated heterocycles. The third kappa shape index (κ3) is 2.39. The van der Waals surface area contributed by atoms with E-state index in [1.165, 1.54) is 19.1 Å². The Morgan fingerprint density at radius 2 is 2.06 bits per heavy atom. The predicted octanol–water partition coefficient (Wildman–Crippen LogP) is 2.53. The van der Waals surface area contributed by atoms with E-state index in [0.29, 0.717) is 0 Å². The Morgan fingerprint density at radius 3 is 2.62 bits per heavy atom. The van der Waals surface area contributed by atoms with Crippen LogP contribution in [0.4, 0.5) is 4.39 Å². The zero-order valence-electron chi connectivity index (χ0n) is 8.84. The first-order chi connectivity index (χ1) is 7.49. The number of esters is 1. The Bertz CT molecular complexity index is 443. The second kappa shape index (κ2) is 5.07. The number of ketones is 1. The second-order valence-electron chi connectivity index (χ2n) is 3.08. The lowest BCUT2D eigenvalue weighted by molar-refractivity contribution is -0.137. The highest BCUT2D eigenvalue weighted by Crippen LogP contribution is 2.21. The van der Waals surface area contributed by atoms with E-state index in [4.69, 9.17) is 11.6 Å². The number of carbonyl (C=O) groups excluding carboxylic acids is 2. The van der Waals surface area contributed by atoms with Gasteiger partial charge in [-0.25, -0.2) is 9.18 Å². The first-order valence-corrected chi connectivity index (χ1v) is 5.02. The van der Waals surface area contributed by atoms with Gasteiger partial charge in [0.2, 0.25) is 0 Å².